The second-order valence-corrected chi connectivity index (χ2v) is 6.66. The molecular weight excluding hydrogens is 306 g/mol. The molecular formula is C18H21N3O3. The van der Waals surface area contributed by atoms with Crippen LogP contribution >= 0.6 is 0 Å². The molecule has 0 aliphatic carbocycles. The Morgan fingerprint density at radius 3 is 2.75 bits per heavy atom. The summed E-state index contributed by atoms with van der Waals surface area (Å²) in [6.45, 7) is 3.82. The molecule has 3 aliphatic heterocycles. The molecule has 0 spiro atoms. The lowest BCUT2D eigenvalue weighted by Gasteiger charge is -2.25. The Labute approximate surface area is 140 Å². The summed E-state index contributed by atoms with van der Waals surface area (Å²) < 4.78 is 5.65. The second-order valence-electron chi connectivity index (χ2n) is 6.66. The molecule has 0 unspecified atom stereocenters. The van der Waals surface area contributed by atoms with Crippen molar-refractivity contribution in [3.8, 4) is 0 Å². The first kappa shape index (κ1) is 15.2. The van der Waals surface area contributed by atoms with E-state index in [0.717, 1.165) is 30.6 Å². The minimum absolute atomic E-state index is 0.0152. The molecule has 3 amide bonds. The molecule has 0 aromatic heterocycles. The highest BCUT2D eigenvalue weighted by atomic mass is 16.5. The summed E-state index contributed by atoms with van der Waals surface area (Å²) >= 11 is 0. The van der Waals surface area contributed by atoms with E-state index in [-0.39, 0.29) is 18.0 Å². The van der Waals surface area contributed by atoms with E-state index < -0.39 is 6.04 Å². The van der Waals surface area contributed by atoms with Crippen molar-refractivity contribution in [3.63, 3.8) is 0 Å². The molecule has 1 aromatic rings. The van der Waals surface area contributed by atoms with Gasteiger partial charge in [0, 0.05) is 13.2 Å². The van der Waals surface area contributed by atoms with Gasteiger partial charge in [0.05, 0.1) is 30.0 Å². The van der Waals surface area contributed by atoms with Gasteiger partial charge < -0.3 is 20.3 Å². The Kier molecular flexibility index (Phi) is 3.76. The maximum atomic E-state index is 12.9. The summed E-state index contributed by atoms with van der Waals surface area (Å²) in [7, 11) is 0. The summed E-state index contributed by atoms with van der Waals surface area (Å²) in [4.78, 5) is 26.7. The highest BCUT2D eigenvalue weighted by molar-refractivity contribution is 6.01. The number of hydrogen-bond donors (Lipinski definition) is 2. The van der Waals surface area contributed by atoms with Gasteiger partial charge in [0.15, 0.2) is 0 Å². The summed E-state index contributed by atoms with van der Waals surface area (Å²) in [5.41, 5.74) is 3.44. The number of benzene rings is 1. The minimum Gasteiger partial charge on any atom is -0.376 e. The Morgan fingerprint density at radius 1 is 1.25 bits per heavy atom. The molecule has 1 saturated heterocycles. The number of amides is 3. The maximum absolute atomic E-state index is 12.9. The van der Waals surface area contributed by atoms with Gasteiger partial charge >= 0.3 is 6.03 Å². The lowest BCUT2D eigenvalue weighted by Crippen LogP contribution is -2.44. The van der Waals surface area contributed by atoms with Gasteiger partial charge in [-0.2, -0.15) is 0 Å². The summed E-state index contributed by atoms with van der Waals surface area (Å²) in [6.07, 6.45) is 2.14. The third-order valence-electron chi connectivity index (χ3n) is 4.88. The SMILES string of the molecule is Cc1ccc([C@@H]2NC(=O)NC3=C2C(=O)N(C[C@@H]2CCCO2)C3)cc1. The average molecular weight is 327 g/mol. The van der Waals surface area contributed by atoms with Crippen LogP contribution in [0.4, 0.5) is 4.79 Å². The fraction of sp³-hybridized carbons (Fsp3) is 0.444. The van der Waals surface area contributed by atoms with Gasteiger partial charge in [-0.05, 0) is 25.3 Å². The molecule has 3 aliphatic rings. The molecule has 0 bridgehead atoms. The molecule has 6 nitrogen and oxygen atoms in total. The molecule has 6 heteroatoms. The molecule has 0 radical (unpaired) electrons. The molecule has 1 fully saturated rings. The molecule has 24 heavy (non-hydrogen) atoms. The van der Waals surface area contributed by atoms with E-state index >= 15 is 0 Å². The lowest BCUT2D eigenvalue weighted by molar-refractivity contribution is -0.127. The van der Waals surface area contributed by atoms with E-state index in [4.69, 9.17) is 4.74 Å². The van der Waals surface area contributed by atoms with E-state index in [1.165, 1.54) is 0 Å². The first-order valence-electron chi connectivity index (χ1n) is 8.40. The number of carbonyl (C=O) groups excluding carboxylic acids is 2. The van der Waals surface area contributed by atoms with Crippen LogP contribution in [0.1, 0.15) is 30.0 Å². The van der Waals surface area contributed by atoms with E-state index in [1.54, 1.807) is 4.90 Å². The van der Waals surface area contributed by atoms with Crippen LogP contribution in [0.2, 0.25) is 0 Å². The third-order valence-corrected chi connectivity index (χ3v) is 4.88. The zero-order valence-electron chi connectivity index (χ0n) is 13.7. The van der Waals surface area contributed by atoms with Crippen LogP contribution in [0.15, 0.2) is 35.5 Å². The van der Waals surface area contributed by atoms with Crippen LogP contribution in [-0.4, -0.2) is 42.6 Å². The first-order chi connectivity index (χ1) is 11.6. The highest BCUT2D eigenvalue weighted by Crippen LogP contribution is 2.33. The third kappa shape index (κ3) is 2.67. The number of nitrogens with one attached hydrogen (secondary N) is 2. The van der Waals surface area contributed by atoms with Crippen molar-refractivity contribution >= 4 is 11.9 Å². The predicted octanol–water partition coefficient (Wildman–Crippen LogP) is 1.62. The van der Waals surface area contributed by atoms with Crippen molar-refractivity contribution in [2.75, 3.05) is 19.7 Å². The lowest BCUT2D eigenvalue weighted by atomic mass is 9.95. The Hall–Kier alpha value is -2.34. The average Bonchev–Trinajstić information content (AvgIpc) is 3.17. The monoisotopic (exact) mass is 327 g/mol. The molecule has 2 N–H and O–H groups in total. The number of nitrogens with zero attached hydrogens (tertiary/aromatic N) is 1. The van der Waals surface area contributed by atoms with Crippen LogP contribution in [0, 0.1) is 6.92 Å². The fourth-order valence-corrected chi connectivity index (χ4v) is 3.62. The van der Waals surface area contributed by atoms with E-state index in [0.29, 0.717) is 24.4 Å². The molecule has 0 saturated carbocycles. The summed E-state index contributed by atoms with van der Waals surface area (Å²) in [5.74, 6) is -0.0152. The van der Waals surface area contributed by atoms with Gasteiger partial charge in [-0.25, -0.2) is 4.79 Å². The first-order valence-corrected chi connectivity index (χ1v) is 8.40. The normalized spacial score (nSPS) is 26.5. The van der Waals surface area contributed by atoms with Crippen molar-refractivity contribution < 1.29 is 14.3 Å². The minimum atomic E-state index is -0.392. The van der Waals surface area contributed by atoms with Crippen molar-refractivity contribution in [1.29, 1.82) is 0 Å². The maximum Gasteiger partial charge on any atom is 0.319 e. The van der Waals surface area contributed by atoms with Crippen molar-refractivity contribution in [3.05, 3.63) is 46.7 Å². The number of urea groups is 1. The van der Waals surface area contributed by atoms with Crippen LogP contribution in [0.3, 0.4) is 0 Å². The summed E-state index contributed by atoms with van der Waals surface area (Å²) in [6, 6.07) is 7.27. The van der Waals surface area contributed by atoms with Gasteiger partial charge in [-0.15, -0.1) is 0 Å². The zero-order valence-corrected chi connectivity index (χ0v) is 13.7. The van der Waals surface area contributed by atoms with E-state index in [1.807, 2.05) is 31.2 Å². The Morgan fingerprint density at radius 2 is 2.04 bits per heavy atom. The van der Waals surface area contributed by atoms with Crippen molar-refractivity contribution in [1.82, 2.24) is 15.5 Å². The van der Waals surface area contributed by atoms with E-state index in [2.05, 4.69) is 10.6 Å². The second kappa shape index (κ2) is 5.94. The quantitative estimate of drug-likeness (QED) is 0.886. The molecule has 1 aromatic carbocycles. The van der Waals surface area contributed by atoms with Gasteiger partial charge in [0.1, 0.15) is 0 Å². The van der Waals surface area contributed by atoms with Gasteiger partial charge in [0.2, 0.25) is 0 Å². The highest BCUT2D eigenvalue weighted by Gasteiger charge is 2.41. The molecule has 4 rings (SSSR count). The number of hydrogen-bond acceptors (Lipinski definition) is 3. The van der Waals surface area contributed by atoms with E-state index in [9.17, 15) is 9.59 Å². The number of ether oxygens (including phenoxy) is 1. The Balaban J connectivity index is 1.60. The van der Waals surface area contributed by atoms with Crippen LogP contribution in [0.25, 0.3) is 0 Å². The van der Waals surface area contributed by atoms with Crippen LogP contribution < -0.4 is 10.6 Å². The van der Waals surface area contributed by atoms with Crippen LogP contribution in [-0.2, 0) is 9.53 Å². The smallest absolute Gasteiger partial charge is 0.319 e. The number of carbonyl (C=O) groups is 2. The standard InChI is InChI=1S/C18H21N3O3/c1-11-4-6-12(7-5-11)16-15-14(19-18(23)20-16)10-21(17(15)22)9-13-3-2-8-24-13/h4-7,13,16H,2-3,8-10H2,1H3,(H2,19,20,23)/t13-,16-/m0/s1. The topological polar surface area (TPSA) is 70.7 Å². The number of aryl methyl sites for hydroxylation is 1. The van der Waals surface area contributed by atoms with Gasteiger partial charge in [-0.1, -0.05) is 29.8 Å². The van der Waals surface area contributed by atoms with Crippen molar-refractivity contribution in [2.45, 2.75) is 31.9 Å². The predicted molar refractivity (Wildman–Crippen MR) is 88.2 cm³/mol. The molecule has 3 heterocycles. The largest absolute Gasteiger partial charge is 0.376 e. The molecule has 2 atom stereocenters. The number of rotatable bonds is 3. The van der Waals surface area contributed by atoms with Gasteiger partial charge in [-0.3, -0.25) is 4.79 Å². The fourth-order valence-electron chi connectivity index (χ4n) is 3.62. The van der Waals surface area contributed by atoms with Gasteiger partial charge in [0.25, 0.3) is 5.91 Å². The van der Waals surface area contributed by atoms with Crippen LogP contribution in [0.5, 0.6) is 0 Å². The Bertz CT molecular complexity index is 705. The zero-order chi connectivity index (χ0) is 16.7. The van der Waals surface area contributed by atoms with Crippen molar-refractivity contribution in [2.24, 2.45) is 0 Å². The molecule has 126 valence electrons. The summed E-state index contributed by atoms with van der Waals surface area (Å²) in [5, 5.41) is 5.68.